The largest absolute Gasteiger partial charge is 0.334 e. The van der Waals surface area contributed by atoms with Crippen molar-refractivity contribution in [1.82, 2.24) is 5.43 Å². The first-order valence-electron chi connectivity index (χ1n) is 9.64. The van der Waals surface area contributed by atoms with Crippen LogP contribution in [0, 0.1) is 0 Å². The van der Waals surface area contributed by atoms with E-state index in [4.69, 9.17) is 16.8 Å². The molecule has 172 valence electrons. The third-order valence-electron chi connectivity index (χ3n) is 4.76. The molecule has 2 aromatic rings. The summed E-state index contributed by atoms with van der Waals surface area (Å²) in [7, 11) is -4.08. The third kappa shape index (κ3) is 5.17. The van der Waals surface area contributed by atoms with Gasteiger partial charge in [-0.1, -0.05) is 47.9 Å². The van der Waals surface area contributed by atoms with Crippen molar-refractivity contribution in [3.63, 3.8) is 0 Å². The van der Waals surface area contributed by atoms with Gasteiger partial charge in [0.25, 0.3) is 16.0 Å². The van der Waals surface area contributed by atoms with Crippen LogP contribution in [-0.2, 0) is 19.7 Å². The number of nitrogens with one attached hydrogen (secondary N) is 2. The number of rotatable bonds is 8. The van der Waals surface area contributed by atoms with Gasteiger partial charge < -0.3 is 4.90 Å². The van der Waals surface area contributed by atoms with Crippen LogP contribution in [0.5, 0.6) is 0 Å². The molecule has 1 fully saturated rings. The van der Waals surface area contributed by atoms with Crippen molar-refractivity contribution in [2.45, 2.75) is 11.3 Å². The van der Waals surface area contributed by atoms with Crippen molar-refractivity contribution in [3.05, 3.63) is 58.5 Å². The number of hydrogen-bond donors (Lipinski definition) is 3. The van der Waals surface area contributed by atoms with E-state index < -0.39 is 10.1 Å². The van der Waals surface area contributed by atoms with Gasteiger partial charge in [0.05, 0.1) is 22.8 Å². The first kappa shape index (κ1) is 23.6. The standard InChI is InChI=1S/C20H18N4O5S4/c25-12-21-22-13-6-8-14(9-7-13)24-18(26)17(32-20(24)30)19-23(10-3-11-33(27,28)29)15-4-1-2-5-16(15)31-19/h1-2,4-9,12,22H,3,10-11H2,(H,21,25)(H,27,28,29)/b19-17+. The molecule has 0 atom stereocenters. The highest BCUT2D eigenvalue weighted by molar-refractivity contribution is 8.27. The smallest absolute Gasteiger partial charge is 0.273 e. The summed E-state index contributed by atoms with van der Waals surface area (Å²) in [5.74, 6) is -0.643. The topological polar surface area (TPSA) is 119 Å². The molecule has 2 aliphatic heterocycles. The lowest BCUT2D eigenvalue weighted by atomic mass is 10.2. The average molecular weight is 523 g/mol. The molecule has 3 N–H and O–H groups in total. The van der Waals surface area contributed by atoms with Crippen LogP contribution < -0.4 is 20.7 Å². The van der Waals surface area contributed by atoms with Crippen molar-refractivity contribution < 1.29 is 22.6 Å². The fourth-order valence-electron chi connectivity index (χ4n) is 3.36. The fourth-order valence-corrected chi connectivity index (χ4v) is 6.49. The Labute approximate surface area is 204 Å². The Morgan fingerprint density at radius 2 is 1.82 bits per heavy atom. The van der Waals surface area contributed by atoms with Crippen molar-refractivity contribution in [2.24, 2.45) is 0 Å². The molecule has 2 heterocycles. The van der Waals surface area contributed by atoms with E-state index in [2.05, 4.69) is 10.9 Å². The number of para-hydroxylation sites is 1. The SMILES string of the molecule is O=CNNc1ccc(N2C(=O)/C(=C3\Sc4ccccc4N3CCCS(=O)(=O)O)SC2=S)cc1. The molecular weight excluding hydrogens is 505 g/mol. The van der Waals surface area contributed by atoms with Crippen molar-refractivity contribution >= 4 is 79.6 Å². The zero-order valence-corrected chi connectivity index (χ0v) is 20.2. The van der Waals surface area contributed by atoms with Gasteiger partial charge in [-0.2, -0.15) is 8.42 Å². The number of amides is 2. The minimum Gasteiger partial charge on any atom is -0.334 e. The van der Waals surface area contributed by atoms with Gasteiger partial charge in [-0.25, -0.2) is 0 Å². The molecule has 1 saturated heterocycles. The lowest BCUT2D eigenvalue weighted by molar-refractivity contribution is -0.113. The van der Waals surface area contributed by atoms with Crippen LogP contribution in [-0.4, -0.2) is 41.9 Å². The van der Waals surface area contributed by atoms with Gasteiger partial charge in [0.1, 0.15) is 9.93 Å². The fraction of sp³-hybridized carbons (Fsp3) is 0.150. The Balaban J connectivity index is 1.62. The number of fused-ring (bicyclic) bond motifs is 1. The van der Waals surface area contributed by atoms with Crippen LogP contribution in [0.15, 0.2) is 63.4 Å². The molecule has 9 nitrogen and oxygen atoms in total. The summed E-state index contributed by atoms with van der Waals surface area (Å²) in [6.45, 7) is 0.313. The third-order valence-corrected chi connectivity index (χ3v) is 8.23. The highest BCUT2D eigenvalue weighted by Crippen LogP contribution is 2.51. The van der Waals surface area contributed by atoms with Gasteiger partial charge in [0.2, 0.25) is 6.41 Å². The molecule has 33 heavy (non-hydrogen) atoms. The Morgan fingerprint density at radius 1 is 1.09 bits per heavy atom. The first-order valence-corrected chi connectivity index (χ1v) is 13.3. The summed E-state index contributed by atoms with van der Waals surface area (Å²) in [5, 5.41) is 0.680. The van der Waals surface area contributed by atoms with E-state index in [1.54, 1.807) is 24.3 Å². The maximum atomic E-state index is 13.4. The van der Waals surface area contributed by atoms with E-state index in [0.29, 0.717) is 38.6 Å². The summed E-state index contributed by atoms with van der Waals surface area (Å²) in [6, 6.07) is 14.5. The molecule has 2 amide bonds. The molecule has 0 spiro atoms. The second kappa shape index (κ2) is 9.73. The van der Waals surface area contributed by atoms with E-state index in [9.17, 15) is 18.0 Å². The Hall–Kier alpha value is -2.58. The molecule has 2 aliphatic rings. The van der Waals surface area contributed by atoms with Gasteiger partial charge in [0, 0.05) is 11.4 Å². The number of nitrogens with zero attached hydrogens (tertiary/aromatic N) is 2. The Bertz CT molecular complexity index is 1250. The molecular formula is C20H18N4O5S4. The van der Waals surface area contributed by atoms with Crippen molar-refractivity contribution in [2.75, 3.05) is 27.5 Å². The number of thiocarbonyl (C=S) groups is 1. The summed E-state index contributed by atoms with van der Waals surface area (Å²) in [5.41, 5.74) is 7.14. The molecule has 0 aliphatic carbocycles. The first-order chi connectivity index (χ1) is 15.8. The van der Waals surface area contributed by atoms with E-state index in [1.165, 1.54) is 28.4 Å². The van der Waals surface area contributed by atoms with Gasteiger partial charge >= 0.3 is 0 Å². The zero-order valence-electron chi connectivity index (χ0n) is 16.9. The summed E-state index contributed by atoms with van der Waals surface area (Å²) in [6.07, 6.45) is 0.710. The number of hydrogen-bond acceptors (Lipinski definition) is 9. The predicted octanol–water partition coefficient (Wildman–Crippen LogP) is 3.18. The Morgan fingerprint density at radius 3 is 2.52 bits per heavy atom. The number of carbonyl (C=O) groups is 2. The van der Waals surface area contributed by atoms with Gasteiger partial charge in [-0.05, 0) is 42.8 Å². The summed E-state index contributed by atoms with van der Waals surface area (Å²) < 4.78 is 31.8. The van der Waals surface area contributed by atoms with Crippen LogP contribution in [0.2, 0.25) is 0 Å². The van der Waals surface area contributed by atoms with Crippen LogP contribution in [0.3, 0.4) is 0 Å². The summed E-state index contributed by atoms with van der Waals surface area (Å²) >= 11 is 8.11. The normalized spacial score (nSPS) is 18.0. The zero-order chi connectivity index (χ0) is 23.6. The summed E-state index contributed by atoms with van der Waals surface area (Å²) in [4.78, 5) is 28.6. The molecule has 4 rings (SSSR count). The lowest BCUT2D eigenvalue weighted by Gasteiger charge is -2.21. The van der Waals surface area contributed by atoms with E-state index in [1.807, 2.05) is 29.2 Å². The van der Waals surface area contributed by atoms with E-state index >= 15 is 0 Å². The van der Waals surface area contributed by atoms with Gasteiger partial charge in [-0.3, -0.25) is 29.9 Å². The minimum absolute atomic E-state index is 0.195. The molecule has 2 aromatic carbocycles. The van der Waals surface area contributed by atoms with E-state index in [0.717, 1.165) is 10.6 Å². The van der Waals surface area contributed by atoms with Crippen LogP contribution in [0.1, 0.15) is 6.42 Å². The van der Waals surface area contributed by atoms with E-state index in [-0.39, 0.29) is 18.1 Å². The molecule has 0 radical (unpaired) electrons. The minimum atomic E-state index is -4.08. The second-order valence-electron chi connectivity index (χ2n) is 6.94. The highest BCUT2D eigenvalue weighted by Gasteiger charge is 2.39. The van der Waals surface area contributed by atoms with Crippen molar-refractivity contribution in [1.29, 1.82) is 0 Å². The maximum absolute atomic E-state index is 13.4. The molecule has 0 aromatic heterocycles. The number of carbonyl (C=O) groups excluding carboxylic acids is 2. The lowest BCUT2D eigenvalue weighted by Crippen LogP contribution is -2.29. The van der Waals surface area contributed by atoms with Crippen molar-refractivity contribution in [3.8, 4) is 0 Å². The number of thioether (sulfide) groups is 2. The molecule has 13 heteroatoms. The monoisotopic (exact) mass is 522 g/mol. The van der Waals surface area contributed by atoms with Gasteiger partial charge in [0.15, 0.2) is 4.32 Å². The number of benzene rings is 2. The number of hydrazine groups is 1. The molecule has 0 unspecified atom stereocenters. The van der Waals surface area contributed by atoms with Gasteiger partial charge in [-0.15, -0.1) is 0 Å². The maximum Gasteiger partial charge on any atom is 0.273 e. The number of anilines is 3. The average Bonchev–Trinajstić information content (AvgIpc) is 3.28. The predicted molar refractivity (Wildman–Crippen MR) is 135 cm³/mol. The Kier molecular flexibility index (Phi) is 6.95. The van der Waals surface area contributed by atoms with Crippen LogP contribution in [0.25, 0.3) is 0 Å². The van der Waals surface area contributed by atoms with Crippen LogP contribution >= 0.6 is 35.7 Å². The molecule has 0 bridgehead atoms. The van der Waals surface area contributed by atoms with Crippen LogP contribution in [0.4, 0.5) is 17.1 Å². The second-order valence-corrected chi connectivity index (χ2v) is 11.2. The molecule has 0 saturated carbocycles. The quantitative estimate of drug-likeness (QED) is 0.157. The highest BCUT2D eigenvalue weighted by atomic mass is 32.2.